The molecule has 1 aliphatic rings. The normalized spacial score (nSPS) is 22.9. The summed E-state index contributed by atoms with van der Waals surface area (Å²) in [4.78, 5) is 2.25. The lowest BCUT2D eigenvalue weighted by Gasteiger charge is -2.30. The third-order valence-electron chi connectivity index (χ3n) is 3.09. The molecule has 0 radical (unpaired) electrons. The number of anilines is 1. The second-order valence-corrected chi connectivity index (χ2v) is 4.38. The molecule has 1 aromatic carbocycles. The Labute approximate surface area is 89.9 Å². The molecule has 0 aliphatic carbocycles. The molecule has 1 atom stereocenters. The topological polar surface area (TPSA) is 29.3 Å². The Balaban J connectivity index is 2.21. The summed E-state index contributed by atoms with van der Waals surface area (Å²) in [7, 11) is 2.08. The third-order valence-corrected chi connectivity index (χ3v) is 3.09. The molecule has 3 heteroatoms. The molecule has 0 aromatic heterocycles. The maximum absolute atomic E-state index is 13.7. The van der Waals surface area contributed by atoms with Gasteiger partial charge in [0.25, 0.3) is 0 Å². The van der Waals surface area contributed by atoms with Crippen molar-refractivity contribution >= 4 is 5.69 Å². The SMILES string of the molecule is CN1CCCC(c2ccc(N)cc2F)C1. The first-order chi connectivity index (χ1) is 7.16. The van der Waals surface area contributed by atoms with Gasteiger partial charge in [0.05, 0.1) is 0 Å². The summed E-state index contributed by atoms with van der Waals surface area (Å²) in [6.07, 6.45) is 2.22. The largest absolute Gasteiger partial charge is 0.399 e. The highest BCUT2D eigenvalue weighted by Crippen LogP contribution is 2.28. The molecule has 1 unspecified atom stereocenters. The summed E-state index contributed by atoms with van der Waals surface area (Å²) in [5.74, 6) is 0.166. The van der Waals surface area contributed by atoms with Gasteiger partial charge < -0.3 is 10.6 Å². The zero-order chi connectivity index (χ0) is 10.8. The van der Waals surface area contributed by atoms with Crippen molar-refractivity contribution in [3.63, 3.8) is 0 Å². The molecule has 2 N–H and O–H groups in total. The van der Waals surface area contributed by atoms with Gasteiger partial charge in [-0.15, -0.1) is 0 Å². The molecule has 0 saturated carbocycles. The Hall–Kier alpha value is -1.09. The average molecular weight is 208 g/mol. The molecule has 0 spiro atoms. The Kier molecular flexibility index (Phi) is 2.91. The number of hydrogen-bond donors (Lipinski definition) is 1. The number of halogens is 1. The van der Waals surface area contributed by atoms with Crippen LogP contribution in [-0.4, -0.2) is 25.0 Å². The number of likely N-dealkylation sites (tertiary alicyclic amines) is 1. The maximum Gasteiger partial charge on any atom is 0.128 e. The molecule has 1 aromatic rings. The number of likely N-dealkylation sites (N-methyl/N-ethyl adjacent to an activating group) is 1. The molecule has 0 bridgehead atoms. The van der Waals surface area contributed by atoms with Crippen molar-refractivity contribution in [2.45, 2.75) is 18.8 Å². The van der Waals surface area contributed by atoms with E-state index in [0.717, 1.165) is 31.5 Å². The fourth-order valence-electron chi connectivity index (χ4n) is 2.29. The fraction of sp³-hybridized carbons (Fsp3) is 0.500. The van der Waals surface area contributed by atoms with Gasteiger partial charge in [-0.1, -0.05) is 6.07 Å². The van der Waals surface area contributed by atoms with E-state index in [0.29, 0.717) is 11.6 Å². The second kappa shape index (κ2) is 4.19. The van der Waals surface area contributed by atoms with E-state index in [9.17, 15) is 4.39 Å². The summed E-state index contributed by atoms with van der Waals surface area (Å²) in [6, 6.07) is 5.03. The van der Waals surface area contributed by atoms with E-state index < -0.39 is 0 Å². The van der Waals surface area contributed by atoms with Crippen LogP contribution in [-0.2, 0) is 0 Å². The fourth-order valence-corrected chi connectivity index (χ4v) is 2.29. The van der Waals surface area contributed by atoms with E-state index in [1.165, 1.54) is 6.07 Å². The van der Waals surface area contributed by atoms with Gasteiger partial charge >= 0.3 is 0 Å². The highest BCUT2D eigenvalue weighted by atomic mass is 19.1. The molecule has 1 aliphatic heterocycles. The van der Waals surface area contributed by atoms with Crippen LogP contribution in [0.25, 0.3) is 0 Å². The summed E-state index contributed by atoms with van der Waals surface area (Å²) in [5.41, 5.74) is 6.85. The van der Waals surface area contributed by atoms with Crippen molar-refractivity contribution in [2.24, 2.45) is 0 Å². The van der Waals surface area contributed by atoms with Crippen molar-refractivity contribution < 1.29 is 4.39 Å². The summed E-state index contributed by atoms with van der Waals surface area (Å²) < 4.78 is 13.7. The van der Waals surface area contributed by atoms with Gasteiger partial charge in [0, 0.05) is 12.2 Å². The molecule has 1 saturated heterocycles. The van der Waals surface area contributed by atoms with Gasteiger partial charge in [0.2, 0.25) is 0 Å². The highest BCUT2D eigenvalue weighted by molar-refractivity contribution is 5.41. The van der Waals surface area contributed by atoms with Crippen molar-refractivity contribution in [3.8, 4) is 0 Å². The third kappa shape index (κ3) is 2.29. The van der Waals surface area contributed by atoms with Crippen LogP contribution in [0.4, 0.5) is 10.1 Å². The smallest absolute Gasteiger partial charge is 0.128 e. The van der Waals surface area contributed by atoms with Crippen LogP contribution < -0.4 is 5.73 Å². The first-order valence-corrected chi connectivity index (χ1v) is 5.40. The first kappa shape index (κ1) is 10.4. The van der Waals surface area contributed by atoms with E-state index in [1.54, 1.807) is 6.07 Å². The highest BCUT2D eigenvalue weighted by Gasteiger charge is 2.21. The summed E-state index contributed by atoms with van der Waals surface area (Å²) in [5, 5.41) is 0. The zero-order valence-electron chi connectivity index (χ0n) is 9.04. The zero-order valence-corrected chi connectivity index (χ0v) is 9.04. The lowest BCUT2D eigenvalue weighted by molar-refractivity contribution is 0.248. The number of nitrogens with two attached hydrogens (primary N) is 1. The molecule has 2 nitrogen and oxygen atoms in total. The van der Waals surface area contributed by atoms with Crippen LogP contribution in [0.15, 0.2) is 18.2 Å². The Morgan fingerprint density at radius 2 is 2.27 bits per heavy atom. The molecular weight excluding hydrogens is 191 g/mol. The Morgan fingerprint density at radius 1 is 1.47 bits per heavy atom. The predicted molar refractivity (Wildman–Crippen MR) is 60.3 cm³/mol. The molecule has 0 amide bonds. The van der Waals surface area contributed by atoms with Gasteiger partial charge in [0.1, 0.15) is 5.82 Å². The van der Waals surface area contributed by atoms with E-state index in [-0.39, 0.29) is 5.82 Å². The first-order valence-electron chi connectivity index (χ1n) is 5.40. The van der Waals surface area contributed by atoms with Crippen molar-refractivity contribution in [3.05, 3.63) is 29.6 Å². The lowest BCUT2D eigenvalue weighted by atomic mass is 9.90. The number of piperidine rings is 1. The van der Waals surface area contributed by atoms with Crippen molar-refractivity contribution in [1.29, 1.82) is 0 Å². The Bertz CT molecular complexity index is 351. The number of nitrogen functional groups attached to an aromatic ring is 1. The van der Waals surface area contributed by atoms with Gasteiger partial charge in [-0.3, -0.25) is 0 Å². The van der Waals surface area contributed by atoms with Crippen molar-refractivity contribution in [1.82, 2.24) is 4.90 Å². The molecule has 1 fully saturated rings. The van der Waals surface area contributed by atoms with E-state index in [4.69, 9.17) is 5.73 Å². The average Bonchev–Trinajstić information content (AvgIpc) is 2.17. The van der Waals surface area contributed by atoms with Crippen LogP contribution >= 0.6 is 0 Å². The minimum absolute atomic E-state index is 0.157. The summed E-state index contributed by atoms with van der Waals surface area (Å²) in [6.45, 7) is 2.06. The van der Waals surface area contributed by atoms with Gasteiger partial charge in [-0.2, -0.15) is 0 Å². The number of hydrogen-bond acceptors (Lipinski definition) is 2. The second-order valence-electron chi connectivity index (χ2n) is 4.38. The number of benzene rings is 1. The van der Waals surface area contributed by atoms with Crippen LogP contribution in [0.5, 0.6) is 0 Å². The number of nitrogens with zero attached hydrogens (tertiary/aromatic N) is 1. The van der Waals surface area contributed by atoms with Crippen LogP contribution in [0.2, 0.25) is 0 Å². The minimum Gasteiger partial charge on any atom is -0.399 e. The van der Waals surface area contributed by atoms with E-state index in [2.05, 4.69) is 11.9 Å². The molecule has 82 valence electrons. The minimum atomic E-state index is -0.157. The maximum atomic E-state index is 13.7. The molecule has 2 rings (SSSR count). The lowest BCUT2D eigenvalue weighted by Crippen LogP contribution is -2.31. The van der Waals surface area contributed by atoms with E-state index in [1.807, 2.05) is 6.07 Å². The monoisotopic (exact) mass is 208 g/mol. The van der Waals surface area contributed by atoms with Gasteiger partial charge in [-0.05, 0) is 50.0 Å². The van der Waals surface area contributed by atoms with Gasteiger partial charge in [0.15, 0.2) is 0 Å². The van der Waals surface area contributed by atoms with E-state index >= 15 is 0 Å². The molecule has 1 heterocycles. The number of rotatable bonds is 1. The molecular formula is C12H17FN2. The predicted octanol–water partition coefficient (Wildman–Crippen LogP) is 2.22. The van der Waals surface area contributed by atoms with Crippen LogP contribution in [0.3, 0.4) is 0 Å². The quantitative estimate of drug-likeness (QED) is 0.717. The van der Waals surface area contributed by atoms with Crippen molar-refractivity contribution in [2.75, 3.05) is 25.9 Å². The Morgan fingerprint density at radius 3 is 2.93 bits per heavy atom. The van der Waals surface area contributed by atoms with Crippen LogP contribution in [0.1, 0.15) is 24.3 Å². The summed E-state index contributed by atoms with van der Waals surface area (Å²) >= 11 is 0. The standard InChI is InChI=1S/C12H17FN2/c1-15-6-2-3-9(8-15)11-5-4-10(14)7-12(11)13/h4-5,7,9H,2-3,6,8,14H2,1H3. The van der Waals surface area contributed by atoms with Crippen LogP contribution in [0, 0.1) is 5.82 Å². The molecule has 15 heavy (non-hydrogen) atoms. The van der Waals surface area contributed by atoms with Gasteiger partial charge in [-0.25, -0.2) is 4.39 Å².